The van der Waals surface area contributed by atoms with Crippen LogP contribution >= 0.6 is 11.8 Å². The molecule has 0 amide bonds. The standard InChI is InChI=1S/C16H22O2S/c17-15(16-11-19-9-8-18-16)10-13-6-3-5-12-4-1-2-7-14(12)13/h1-2,4,7,13,15-17H,3,5-6,8-11H2. The van der Waals surface area contributed by atoms with Gasteiger partial charge in [0, 0.05) is 11.5 Å². The zero-order valence-electron chi connectivity index (χ0n) is 11.3. The third-order valence-electron chi connectivity index (χ3n) is 4.29. The minimum absolute atomic E-state index is 0.0350. The molecule has 0 aromatic heterocycles. The van der Waals surface area contributed by atoms with E-state index in [1.165, 1.54) is 30.4 Å². The van der Waals surface area contributed by atoms with Crippen molar-refractivity contribution >= 4 is 11.8 Å². The van der Waals surface area contributed by atoms with Gasteiger partial charge in [-0.05, 0) is 42.7 Å². The summed E-state index contributed by atoms with van der Waals surface area (Å²) in [7, 11) is 0. The lowest BCUT2D eigenvalue weighted by atomic mass is 9.79. The molecule has 0 bridgehead atoms. The predicted molar refractivity (Wildman–Crippen MR) is 79.8 cm³/mol. The number of thioether (sulfide) groups is 1. The number of aliphatic hydroxyl groups is 1. The Balaban J connectivity index is 1.66. The van der Waals surface area contributed by atoms with Crippen molar-refractivity contribution in [2.75, 3.05) is 18.1 Å². The van der Waals surface area contributed by atoms with Gasteiger partial charge >= 0.3 is 0 Å². The van der Waals surface area contributed by atoms with Crippen LogP contribution in [0.4, 0.5) is 0 Å². The Labute approximate surface area is 119 Å². The van der Waals surface area contributed by atoms with E-state index in [9.17, 15) is 5.11 Å². The minimum Gasteiger partial charge on any atom is -0.390 e. The fourth-order valence-corrected chi connectivity index (χ4v) is 4.20. The maximum Gasteiger partial charge on any atom is 0.0924 e. The first-order valence-corrected chi connectivity index (χ1v) is 8.45. The van der Waals surface area contributed by atoms with Gasteiger partial charge < -0.3 is 9.84 Å². The van der Waals surface area contributed by atoms with Gasteiger partial charge in [0.2, 0.25) is 0 Å². The van der Waals surface area contributed by atoms with E-state index in [0.29, 0.717) is 5.92 Å². The van der Waals surface area contributed by atoms with Crippen LogP contribution in [0.3, 0.4) is 0 Å². The van der Waals surface area contributed by atoms with Crippen LogP contribution in [0.1, 0.15) is 36.3 Å². The number of hydrogen-bond donors (Lipinski definition) is 1. The third kappa shape index (κ3) is 3.15. The van der Waals surface area contributed by atoms with Gasteiger partial charge in [-0.2, -0.15) is 11.8 Å². The molecule has 19 heavy (non-hydrogen) atoms. The molecule has 1 aromatic rings. The molecule has 1 N–H and O–H groups in total. The molecule has 3 unspecified atom stereocenters. The van der Waals surface area contributed by atoms with E-state index in [0.717, 1.165) is 24.5 Å². The molecule has 104 valence electrons. The Morgan fingerprint density at radius 2 is 2.26 bits per heavy atom. The van der Waals surface area contributed by atoms with Crippen LogP contribution in [0.25, 0.3) is 0 Å². The summed E-state index contributed by atoms with van der Waals surface area (Å²) < 4.78 is 5.70. The Kier molecular flexibility index (Phi) is 4.46. The average Bonchev–Trinajstić information content (AvgIpc) is 2.48. The van der Waals surface area contributed by atoms with Gasteiger partial charge in [0.1, 0.15) is 0 Å². The Morgan fingerprint density at radius 1 is 1.37 bits per heavy atom. The smallest absolute Gasteiger partial charge is 0.0924 e. The number of aliphatic hydroxyl groups excluding tert-OH is 1. The summed E-state index contributed by atoms with van der Waals surface area (Å²) in [4.78, 5) is 0. The highest BCUT2D eigenvalue weighted by atomic mass is 32.2. The Bertz CT molecular complexity index is 415. The quantitative estimate of drug-likeness (QED) is 0.921. The first kappa shape index (κ1) is 13.5. The zero-order chi connectivity index (χ0) is 13.1. The van der Waals surface area contributed by atoms with Crippen LogP contribution in [-0.2, 0) is 11.2 Å². The van der Waals surface area contributed by atoms with Crippen molar-refractivity contribution in [3.8, 4) is 0 Å². The first-order valence-electron chi connectivity index (χ1n) is 7.30. The van der Waals surface area contributed by atoms with Gasteiger partial charge in [-0.1, -0.05) is 24.3 Å². The molecular formula is C16H22O2S. The molecule has 1 aromatic carbocycles. The van der Waals surface area contributed by atoms with Gasteiger partial charge in [-0.3, -0.25) is 0 Å². The molecule has 1 fully saturated rings. The number of ether oxygens (including phenoxy) is 1. The molecule has 0 radical (unpaired) electrons. The molecule has 1 saturated heterocycles. The van der Waals surface area contributed by atoms with Crippen LogP contribution < -0.4 is 0 Å². The fourth-order valence-electron chi connectivity index (χ4n) is 3.27. The second kappa shape index (κ2) is 6.29. The molecule has 3 rings (SSSR count). The average molecular weight is 278 g/mol. The number of rotatable bonds is 3. The number of fused-ring (bicyclic) bond motifs is 1. The van der Waals surface area contributed by atoms with Crippen molar-refractivity contribution in [1.82, 2.24) is 0 Å². The van der Waals surface area contributed by atoms with Crippen LogP contribution in [0.5, 0.6) is 0 Å². The number of benzene rings is 1. The molecule has 3 atom stereocenters. The predicted octanol–water partition coefficient (Wildman–Crippen LogP) is 2.99. The normalized spacial score (nSPS) is 28.7. The largest absolute Gasteiger partial charge is 0.390 e. The molecule has 1 aliphatic heterocycles. The number of hydrogen-bond acceptors (Lipinski definition) is 3. The molecule has 2 aliphatic rings. The summed E-state index contributed by atoms with van der Waals surface area (Å²) in [6.07, 6.45) is 4.21. The number of aryl methyl sites for hydroxylation is 1. The maximum atomic E-state index is 10.4. The fraction of sp³-hybridized carbons (Fsp3) is 0.625. The van der Waals surface area contributed by atoms with Crippen LogP contribution in [-0.4, -0.2) is 35.4 Å². The van der Waals surface area contributed by atoms with Gasteiger partial charge in [-0.25, -0.2) is 0 Å². The summed E-state index contributed by atoms with van der Waals surface area (Å²) >= 11 is 1.89. The lowest BCUT2D eigenvalue weighted by Gasteiger charge is -2.32. The lowest BCUT2D eigenvalue weighted by molar-refractivity contribution is -0.0281. The van der Waals surface area contributed by atoms with Crippen LogP contribution in [0, 0.1) is 0 Å². The second-order valence-electron chi connectivity index (χ2n) is 5.58. The molecule has 0 saturated carbocycles. The van der Waals surface area contributed by atoms with Crippen molar-refractivity contribution in [1.29, 1.82) is 0 Å². The highest BCUT2D eigenvalue weighted by molar-refractivity contribution is 7.99. The van der Waals surface area contributed by atoms with Crippen molar-refractivity contribution in [3.05, 3.63) is 35.4 Å². The zero-order valence-corrected chi connectivity index (χ0v) is 12.1. The summed E-state index contributed by atoms with van der Waals surface area (Å²) in [5.41, 5.74) is 2.93. The highest BCUT2D eigenvalue weighted by Crippen LogP contribution is 2.35. The monoisotopic (exact) mass is 278 g/mol. The Morgan fingerprint density at radius 3 is 3.11 bits per heavy atom. The molecular weight excluding hydrogens is 256 g/mol. The summed E-state index contributed by atoms with van der Waals surface area (Å²) in [6, 6.07) is 8.72. The van der Waals surface area contributed by atoms with E-state index in [1.54, 1.807) is 0 Å². The molecule has 1 aliphatic carbocycles. The second-order valence-corrected chi connectivity index (χ2v) is 6.73. The van der Waals surface area contributed by atoms with Crippen molar-refractivity contribution in [2.24, 2.45) is 0 Å². The van der Waals surface area contributed by atoms with E-state index in [2.05, 4.69) is 24.3 Å². The van der Waals surface area contributed by atoms with Gasteiger partial charge in [0.05, 0.1) is 18.8 Å². The van der Waals surface area contributed by atoms with E-state index in [4.69, 9.17) is 4.74 Å². The minimum atomic E-state index is -0.316. The molecule has 0 spiro atoms. The van der Waals surface area contributed by atoms with E-state index >= 15 is 0 Å². The van der Waals surface area contributed by atoms with Crippen LogP contribution in [0.15, 0.2) is 24.3 Å². The van der Waals surface area contributed by atoms with E-state index in [1.807, 2.05) is 11.8 Å². The highest BCUT2D eigenvalue weighted by Gasteiger charge is 2.28. The van der Waals surface area contributed by atoms with Crippen molar-refractivity contribution in [3.63, 3.8) is 0 Å². The molecule has 1 heterocycles. The SMILES string of the molecule is OC(CC1CCCc2ccccc21)C1CSCCO1. The summed E-state index contributed by atoms with van der Waals surface area (Å²) in [5, 5.41) is 10.4. The maximum absolute atomic E-state index is 10.4. The van der Waals surface area contributed by atoms with E-state index < -0.39 is 0 Å². The van der Waals surface area contributed by atoms with Crippen molar-refractivity contribution < 1.29 is 9.84 Å². The van der Waals surface area contributed by atoms with Gasteiger partial charge in [0.15, 0.2) is 0 Å². The topological polar surface area (TPSA) is 29.5 Å². The van der Waals surface area contributed by atoms with E-state index in [-0.39, 0.29) is 12.2 Å². The Hall–Kier alpha value is -0.510. The molecule has 3 heteroatoms. The molecule has 2 nitrogen and oxygen atoms in total. The van der Waals surface area contributed by atoms with Gasteiger partial charge in [0.25, 0.3) is 0 Å². The van der Waals surface area contributed by atoms with Crippen molar-refractivity contribution in [2.45, 2.75) is 43.8 Å². The summed E-state index contributed by atoms with van der Waals surface area (Å²) in [5.74, 6) is 2.51. The lowest BCUT2D eigenvalue weighted by Crippen LogP contribution is -2.36. The third-order valence-corrected chi connectivity index (χ3v) is 5.31. The summed E-state index contributed by atoms with van der Waals surface area (Å²) in [6.45, 7) is 0.785. The van der Waals surface area contributed by atoms with Crippen LogP contribution in [0.2, 0.25) is 0 Å². The first-order chi connectivity index (χ1) is 9.34. The van der Waals surface area contributed by atoms with Gasteiger partial charge in [-0.15, -0.1) is 0 Å².